The molecule has 0 aromatic carbocycles. The van der Waals surface area contributed by atoms with Crippen molar-refractivity contribution in [2.45, 2.75) is 84.1 Å². The number of hydrogen-bond acceptors (Lipinski definition) is 4. The molecule has 0 saturated carbocycles. The summed E-state index contributed by atoms with van der Waals surface area (Å²) in [4.78, 5) is 11.7. The first-order valence-corrected chi connectivity index (χ1v) is 8.00. The molecule has 0 radical (unpaired) electrons. The highest BCUT2D eigenvalue weighted by molar-refractivity contribution is 5.68. The van der Waals surface area contributed by atoms with Gasteiger partial charge in [0.1, 0.15) is 5.60 Å². The Morgan fingerprint density at radius 3 is 2.71 bits per heavy atom. The van der Waals surface area contributed by atoms with Crippen LogP contribution in [0.4, 0.5) is 4.79 Å². The van der Waals surface area contributed by atoms with Crippen LogP contribution in [0.2, 0.25) is 0 Å². The molecule has 0 aliphatic carbocycles. The topological polar surface area (TPSA) is 59.6 Å². The summed E-state index contributed by atoms with van der Waals surface area (Å²) in [5.74, 6) is 0. The molecule has 1 aliphatic heterocycles. The lowest BCUT2D eigenvalue weighted by Gasteiger charge is -2.38. The van der Waals surface area contributed by atoms with Crippen LogP contribution in [-0.4, -0.2) is 42.5 Å². The monoisotopic (exact) mass is 300 g/mol. The van der Waals surface area contributed by atoms with Crippen LogP contribution in [0, 0.1) is 0 Å². The Kier molecular flexibility index (Phi) is 6.47. The van der Waals surface area contributed by atoms with Crippen molar-refractivity contribution in [2.24, 2.45) is 0 Å². The Hall–Kier alpha value is -0.810. The lowest BCUT2D eigenvalue weighted by molar-refractivity contribution is -0.0780. The summed E-state index contributed by atoms with van der Waals surface area (Å²) in [5, 5.41) is 6.38. The molecule has 1 saturated heterocycles. The predicted molar refractivity (Wildman–Crippen MR) is 84.5 cm³/mol. The second kappa shape index (κ2) is 7.45. The van der Waals surface area contributed by atoms with Crippen LogP contribution in [0.5, 0.6) is 0 Å². The summed E-state index contributed by atoms with van der Waals surface area (Å²) in [6.07, 6.45) is 2.70. The van der Waals surface area contributed by atoms with Crippen molar-refractivity contribution in [3.05, 3.63) is 0 Å². The van der Waals surface area contributed by atoms with Crippen molar-refractivity contribution < 1.29 is 14.3 Å². The average Bonchev–Trinajstić information content (AvgIpc) is 2.34. The highest BCUT2D eigenvalue weighted by Gasteiger charge is 2.31. The fourth-order valence-electron chi connectivity index (χ4n) is 2.45. The average molecular weight is 300 g/mol. The van der Waals surface area contributed by atoms with Crippen LogP contribution in [0.15, 0.2) is 0 Å². The van der Waals surface area contributed by atoms with E-state index in [1.807, 2.05) is 27.7 Å². The van der Waals surface area contributed by atoms with Gasteiger partial charge in [-0.1, -0.05) is 6.92 Å². The zero-order valence-corrected chi connectivity index (χ0v) is 14.4. The molecule has 21 heavy (non-hydrogen) atoms. The molecule has 2 N–H and O–H groups in total. The number of alkyl carbamates (subject to hydrolysis) is 1. The number of rotatable bonds is 5. The first-order valence-electron chi connectivity index (χ1n) is 8.00. The van der Waals surface area contributed by atoms with Crippen molar-refractivity contribution >= 4 is 6.09 Å². The number of hydrogen-bond donors (Lipinski definition) is 2. The summed E-state index contributed by atoms with van der Waals surface area (Å²) in [6.45, 7) is 13.4. The maximum Gasteiger partial charge on any atom is 0.407 e. The van der Waals surface area contributed by atoms with Crippen LogP contribution in [-0.2, 0) is 9.47 Å². The first kappa shape index (κ1) is 18.2. The SMILES string of the molecule is CCC1(C)CC(NCC(C)NC(=O)OC(C)(C)C)CCO1. The van der Waals surface area contributed by atoms with Gasteiger partial charge in [0.25, 0.3) is 0 Å². The molecule has 124 valence electrons. The molecule has 0 bridgehead atoms. The van der Waals surface area contributed by atoms with Crippen molar-refractivity contribution in [1.29, 1.82) is 0 Å². The largest absolute Gasteiger partial charge is 0.444 e. The molecule has 0 aromatic heterocycles. The van der Waals surface area contributed by atoms with Crippen molar-refractivity contribution in [1.82, 2.24) is 10.6 Å². The van der Waals surface area contributed by atoms with Crippen LogP contribution < -0.4 is 10.6 Å². The Labute approximate surface area is 129 Å². The Morgan fingerprint density at radius 2 is 2.14 bits per heavy atom. The van der Waals surface area contributed by atoms with E-state index in [9.17, 15) is 4.79 Å². The fraction of sp³-hybridized carbons (Fsp3) is 0.938. The molecule has 3 atom stereocenters. The van der Waals surface area contributed by atoms with E-state index in [-0.39, 0.29) is 17.7 Å². The molecule has 1 rings (SSSR count). The van der Waals surface area contributed by atoms with Crippen LogP contribution >= 0.6 is 0 Å². The lowest BCUT2D eigenvalue weighted by Crippen LogP contribution is -2.49. The number of carbonyl (C=O) groups excluding carboxylic acids is 1. The quantitative estimate of drug-likeness (QED) is 0.819. The van der Waals surface area contributed by atoms with Gasteiger partial charge in [0, 0.05) is 25.2 Å². The first-order chi connectivity index (χ1) is 9.63. The molecule has 1 aliphatic rings. The van der Waals surface area contributed by atoms with Gasteiger partial charge in [-0.3, -0.25) is 0 Å². The second-order valence-electron chi connectivity index (χ2n) is 7.30. The van der Waals surface area contributed by atoms with E-state index >= 15 is 0 Å². The highest BCUT2D eigenvalue weighted by Crippen LogP contribution is 2.27. The van der Waals surface area contributed by atoms with Crippen LogP contribution in [0.3, 0.4) is 0 Å². The number of amides is 1. The van der Waals surface area contributed by atoms with Gasteiger partial charge in [0.15, 0.2) is 0 Å². The van der Waals surface area contributed by atoms with Gasteiger partial charge >= 0.3 is 6.09 Å². The molecule has 0 aromatic rings. The minimum absolute atomic E-state index is 0.0161. The minimum Gasteiger partial charge on any atom is -0.444 e. The summed E-state index contributed by atoms with van der Waals surface area (Å²) in [5.41, 5.74) is -0.474. The Balaban J connectivity index is 2.29. The third-order valence-electron chi connectivity index (χ3n) is 3.82. The van der Waals surface area contributed by atoms with Crippen LogP contribution in [0.1, 0.15) is 60.8 Å². The molecule has 0 spiro atoms. The maximum atomic E-state index is 11.7. The van der Waals surface area contributed by atoms with E-state index in [1.54, 1.807) is 0 Å². The second-order valence-corrected chi connectivity index (χ2v) is 7.30. The number of carbonyl (C=O) groups is 1. The number of nitrogens with one attached hydrogen (secondary N) is 2. The van der Waals surface area contributed by atoms with Gasteiger partial charge in [-0.15, -0.1) is 0 Å². The molecule has 1 heterocycles. The van der Waals surface area contributed by atoms with E-state index in [1.165, 1.54) is 0 Å². The number of ether oxygens (including phenoxy) is 2. The van der Waals surface area contributed by atoms with Gasteiger partial charge in [-0.25, -0.2) is 4.79 Å². The van der Waals surface area contributed by atoms with Gasteiger partial charge in [0.05, 0.1) is 5.60 Å². The Bertz CT molecular complexity index is 341. The van der Waals surface area contributed by atoms with Crippen molar-refractivity contribution in [3.63, 3.8) is 0 Å². The summed E-state index contributed by atoms with van der Waals surface area (Å²) >= 11 is 0. The summed E-state index contributed by atoms with van der Waals surface area (Å²) in [6, 6.07) is 0.488. The molecular formula is C16H32N2O3. The minimum atomic E-state index is -0.457. The fourth-order valence-corrected chi connectivity index (χ4v) is 2.45. The molecular weight excluding hydrogens is 268 g/mol. The maximum absolute atomic E-state index is 11.7. The van der Waals surface area contributed by atoms with E-state index < -0.39 is 5.60 Å². The van der Waals surface area contributed by atoms with Gasteiger partial charge in [-0.05, 0) is 53.9 Å². The third-order valence-corrected chi connectivity index (χ3v) is 3.82. The van der Waals surface area contributed by atoms with E-state index in [0.717, 1.165) is 32.4 Å². The van der Waals surface area contributed by atoms with Crippen molar-refractivity contribution in [2.75, 3.05) is 13.2 Å². The van der Waals surface area contributed by atoms with Gasteiger partial charge in [-0.2, -0.15) is 0 Å². The Morgan fingerprint density at radius 1 is 1.48 bits per heavy atom. The highest BCUT2D eigenvalue weighted by atomic mass is 16.6. The molecule has 1 amide bonds. The zero-order valence-electron chi connectivity index (χ0n) is 14.4. The van der Waals surface area contributed by atoms with Gasteiger partial charge < -0.3 is 20.1 Å². The van der Waals surface area contributed by atoms with Crippen LogP contribution in [0.25, 0.3) is 0 Å². The third kappa shape index (κ3) is 7.14. The summed E-state index contributed by atoms with van der Waals surface area (Å²) < 4.78 is 11.1. The molecule has 1 fully saturated rings. The molecule has 3 unspecified atom stereocenters. The lowest BCUT2D eigenvalue weighted by atomic mass is 9.90. The zero-order chi connectivity index (χ0) is 16.1. The summed E-state index contributed by atoms with van der Waals surface area (Å²) in [7, 11) is 0. The normalized spacial score (nSPS) is 28.0. The molecule has 5 nitrogen and oxygen atoms in total. The van der Waals surface area contributed by atoms with Crippen molar-refractivity contribution in [3.8, 4) is 0 Å². The van der Waals surface area contributed by atoms with Gasteiger partial charge in [0.2, 0.25) is 0 Å². The standard InChI is InChI=1S/C16H32N2O3/c1-7-16(6)10-13(8-9-20-16)17-11-12(2)18-14(19)21-15(3,4)5/h12-13,17H,7-11H2,1-6H3,(H,18,19). The predicted octanol–water partition coefficient (Wildman–Crippen LogP) is 2.84. The van der Waals surface area contributed by atoms with E-state index in [0.29, 0.717) is 6.04 Å². The molecule has 5 heteroatoms. The van der Waals surface area contributed by atoms with E-state index in [4.69, 9.17) is 9.47 Å². The van der Waals surface area contributed by atoms with E-state index in [2.05, 4.69) is 24.5 Å². The smallest absolute Gasteiger partial charge is 0.407 e.